The van der Waals surface area contributed by atoms with Crippen molar-refractivity contribution in [2.45, 2.75) is 51.8 Å². The van der Waals surface area contributed by atoms with Crippen LogP contribution in [0.25, 0.3) is 0 Å². The van der Waals surface area contributed by atoms with Crippen LogP contribution in [0.5, 0.6) is 5.75 Å². The number of nitro benzene ring substituents is 1. The number of hydrogen-bond donors (Lipinski definition) is 1. The van der Waals surface area contributed by atoms with Gasteiger partial charge in [0.1, 0.15) is 5.75 Å². The van der Waals surface area contributed by atoms with Crippen LogP contribution in [0.1, 0.15) is 38.7 Å². The fourth-order valence-corrected chi connectivity index (χ4v) is 2.89. The van der Waals surface area contributed by atoms with Gasteiger partial charge in [0.15, 0.2) is 0 Å². The van der Waals surface area contributed by atoms with E-state index in [0.717, 1.165) is 25.8 Å². The second-order valence-corrected chi connectivity index (χ2v) is 6.10. The highest BCUT2D eigenvalue weighted by Gasteiger charge is 2.28. The molecule has 1 aliphatic rings. The molecule has 7 heteroatoms. The molecule has 126 valence electrons. The Morgan fingerprint density at radius 2 is 2.22 bits per heavy atom. The Balaban J connectivity index is 2.29. The van der Waals surface area contributed by atoms with E-state index in [1.165, 1.54) is 12.1 Å². The molecule has 1 amide bonds. The summed E-state index contributed by atoms with van der Waals surface area (Å²) in [6.45, 7) is 4.96. The van der Waals surface area contributed by atoms with E-state index in [-0.39, 0.29) is 23.7 Å². The topological polar surface area (TPSA) is 98.7 Å². The Hall–Kier alpha value is -2.15. The van der Waals surface area contributed by atoms with Gasteiger partial charge in [0.25, 0.3) is 5.69 Å². The molecule has 1 aromatic carbocycles. The van der Waals surface area contributed by atoms with E-state index < -0.39 is 4.92 Å². The third-order valence-electron chi connectivity index (χ3n) is 3.93. The standard InChI is InChI=1S/C16H23N3O4/c1-11(2)23-15-7-6-13(19(21)22)9-12(15)10-18-8-4-3-5-14(18)16(17)20/h6-7,9,11,14H,3-5,8,10H2,1-2H3,(H2,17,20). The molecule has 2 N–H and O–H groups in total. The molecular weight excluding hydrogens is 298 g/mol. The lowest BCUT2D eigenvalue weighted by molar-refractivity contribution is -0.385. The highest BCUT2D eigenvalue weighted by atomic mass is 16.6. The number of amides is 1. The smallest absolute Gasteiger partial charge is 0.270 e. The Morgan fingerprint density at radius 1 is 1.48 bits per heavy atom. The first-order valence-corrected chi connectivity index (χ1v) is 7.86. The van der Waals surface area contributed by atoms with Gasteiger partial charge in [0.05, 0.1) is 17.1 Å². The lowest BCUT2D eigenvalue weighted by Gasteiger charge is -2.34. The quantitative estimate of drug-likeness (QED) is 0.640. The van der Waals surface area contributed by atoms with E-state index in [1.807, 2.05) is 18.7 Å². The molecule has 0 saturated carbocycles. The fourth-order valence-electron chi connectivity index (χ4n) is 2.89. The molecule has 23 heavy (non-hydrogen) atoms. The molecule has 1 unspecified atom stereocenters. The van der Waals surface area contributed by atoms with Gasteiger partial charge < -0.3 is 10.5 Å². The maximum absolute atomic E-state index is 11.6. The summed E-state index contributed by atoms with van der Waals surface area (Å²) in [4.78, 5) is 24.2. The summed E-state index contributed by atoms with van der Waals surface area (Å²) in [5.41, 5.74) is 6.21. The Bertz CT molecular complexity index is 589. The van der Waals surface area contributed by atoms with Crippen LogP contribution in [0.15, 0.2) is 18.2 Å². The molecule has 1 aliphatic heterocycles. The molecule has 1 aromatic rings. The van der Waals surface area contributed by atoms with E-state index in [2.05, 4.69) is 0 Å². The van der Waals surface area contributed by atoms with Gasteiger partial charge in [-0.15, -0.1) is 0 Å². The number of hydrogen-bond acceptors (Lipinski definition) is 5. The van der Waals surface area contributed by atoms with Gasteiger partial charge in [-0.2, -0.15) is 0 Å². The monoisotopic (exact) mass is 321 g/mol. The molecule has 1 fully saturated rings. The van der Waals surface area contributed by atoms with E-state index in [4.69, 9.17) is 10.5 Å². The SMILES string of the molecule is CC(C)Oc1ccc([N+](=O)[O-])cc1CN1CCCCC1C(N)=O. The molecule has 0 spiro atoms. The average molecular weight is 321 g/mol. The van der Waals surface area contributed by atoms with Crippen LogP contribution in [0, 0.1) is 10.1 Å². The van der Waals surface area contributed by atoms with Gasteiger partial charge in [0.2, 0.25) is 5.91 Å². The third kappa shape index (κ3) is 4.41. The minimum Gasteiger partial charge on any atom is -0.491 e. The number of likely N-dealkylation sites (tertiary alicyclic amines) is 1. The molecule has 0 aromatic heterocycles. The summed E-state index contributed by atoms with van der Waals surface area (Å²) >= 11 is 0. The largest absolute Gasteiger partial charge is 0.491 e. The number of carbonyl (C=O) groups is 1. The molecule has 1 atom stereocenters. The molecule has 1 heterocycles. The van der Waals surface area contributed by atoms with Gasteiger partial charge in [-0.25, -0.2) is 0 Å². The van der Waals surface area contributed by atoms with E-state index in [9.17, 15) is 14.9 Å². The van der Waals surface area contributed by atoms with Gasteiger partial charge in [0, 0.05) is 24.2 Å². The fraction of sp³-hybridized carbons (Fsp3) is 0.562. The van der Waals surface area contributed by atoms with Crippen molar-refractivity contribution in [2.75, 3.05) is 6.54 Å². The minimum atomic E-state index is -0.426. The van der Waals surface area contributed by atoms with Crippen LogP contribution in [-0.4, -0.2) is 34.4 Å². The van der Waals surface area contributed by atoms with Gasteiger partial charge >= 0.3 is 0 Å². The number of piperidine rings is 1. The first-order valence-electron chi connectivity index (χ1n) is 7.86. The first-order chi connectivity index (χ1) is 10.9. The van der Waals surface area contributed by atoms with Crippen molar-refractivity contribution in [3.05, 3.63) is 33.9 Å². The Labute approximate surface area is 135 Å². The maximum Gasteiger partial charge on any atom is 0.270 e. The molecule has 0 bridgehead atoms. The Morgan fingerprint density at radius 3 is 2.83 bits per heavy atom. The van der Waals surface area contributed by atoms with Crippen LogP contribution in [0.4, 0.5) is 5.69 Å². The third-order valence-corrected chi connectivity index (χ3v) is 3.93. The van der Waals surface area contributed by atoms with Crippen molar-refractivity contribution in [3.8, 4) is 5.75 Å². The number of nitrogens with two attached hydrogens (primary N) is 1. The van der Waals surface area contributed by atoms with Crippen LogP contribution >= 0.6 is 0 Å². The van der Waals surface area contributed by atoms with Crippen molar-refractivity contribution in [2.24, 2.45) is 5.73 Å². The van der Waals surface area contributed by atoms with Gasteiger partial charge in [-0.05, 0) is 39.3 Å². The van der Waals surface area contributed by atoms with Crippen molar-refractivity contribution < 1.29 is 14.5 Å². The van der Waals surface area contributed by atoms with Crippen LogP contribution in [-0.2, 0) is 11.3 Å². The highest BCUT2D eigenvalue weighted by molar-refractivity contribution is 5.79. The van der Waals surface area contributed by atoms with Gasteiger partial charge in [-0.1, -0.05) is 6.42 Å². The number of non-ortho nitro benzene ring substituents is 1. The zero-order chi connectivity index (χ0) is 17.0. The summed E-state index contributed by atoms with van der Waals surface area (Å²) in [6.07, 6.45) is 2.64. The van der Waals surface area contributed by atoms with Crippen LogP contribution < -0.4 is 10.5 Å². The second kappa shape index (κ2) is 7.41. The predicted molar refractivity (Wildman–Crippen MR) is 86.1 cm³/mol. The number of nitrogens with zero attached hydrogens (tertiary/aromatic N) is 2. The average Bonchev–Trinajstić information content (AvgIpc) is 2.48. The summed E-state index contributed by atoms with van der Waals surface area (Å²) in [5.74, 6) is 0.265. The number of ether oxygens (including phenoxy) is 1. The zero-order valence-electron chi connectivity index (χ0n) is 13.5. The molecule has 0 radical (unpaired) electrons. The number of rotatable bonds is 6. The van der Waals surface area contributed by atoms with Crippen molar-refractivity contribution in [3.63, 3.8) is 0 Å². The Kier molecular flexibility index (Phi) is 5.54. The number of nitro groups is 1. The van der Waals surface area contributed by atoms with E-state index in [0.29, 0.717) is 17.9 Å². The molecular formula is C16H23N3O4. The van der Waals surface area contributed by atoms with Crippen LogP contribution in [0.3, 0.4) is 0 Å². The van der Waals surface area contributed by atoms with Gasteiger partial charge in [-0.3, -0.25) is 19.8 Å². The normalized spacial score (nSPS) is 18.8. The van der Waals surface area contributed by atoms with E-state index in [1.54, 1.807) is 6.07 Å². The van der Waals surface area contributed by atoms with Crippen molar-refractivity contribution >= 4 is 11.6 Å². The number of primary amides is 1. The van der Waals surface area contributed by atoms with Crippen molar-refractivity contribution in [1.82, 2.24) is 4.90 Å². The van der Waals surface area contributed by atoms with Crippen molar-refractivity contribution in [1.29, 1.82) is 0 Å². The summed E-state index contributed by atoms with van der Waals surface area (Å²) in [6, 6.07) is 4.25. The molecule has 1 saturated heterocycles. The molecule has 7 nitrogen and oxygen atoms in total. The lowest BCUT2D eigenvalue weighted by Crippen LogP contribution is -2.47. The predicted octanol–water partition coefficient (Wildman–Crippen LogP) is 2.22. The molecule has 0 aliphatic carbocycles. The maximum atomic E-state index is 11.6. The van der Waals surface area contributed by atoms with E-state index >= 15 is 0 Å². The zero-order valence-corrected chi connectivity index (χ0v) is 13.5. The summed E-state index contributed by atoms with van der Waals surface area (Å²) in [7, 11) is 0. The minimum absolute atomic E-state index is 0.0174. The second-order valence-electron chi connectivity index (χ2n) is 6.10. The lowest BCUT2D eigenvalue weighted by atomic mass is 10.0. The summed E-state index contributed by atoms with van der Waals surface area (Å²) < 4.78 is 5.75. The first kappa shape index (κ1) is 17.2. The number of benzene rings is 1. The van der Waals surface area contributed by atoms with Crippen LogP contribution in [0.2, 0.25) is 0 Å². The number of carbonyl (C=O) groups excluding carboxylic acids is 1. The molecule has 2 rings (SSSR count). The highest BCUT2D eigenvalue weighted by Crippen LogP contribution is 2.28. The summed E-state index contributed by atoms with van der Waals surface area (Å²) in [5, 5.41) is 11.0.